The fourth-order valence-corrected chi connectivity index (χ4v) is 1.74. The molecule has 0 aliphatic heterocycles. The third kappa shape index (κ3) is 5.20. The fraction of sp³-hybridized carbons (Fsp3) is 0.667. The molecular weight excluding hydrogens is 282 g/mol. The highest BCUT2D eigenvalue weighted by atomic mass is 32.2. The number of amides is 1. The average molecular weight is 301 g/mol. The predicted molar refractivity (Wildman–Crippen MR) is 73.5 cm³/mol. The number of esters is 1. The summed E-state index contributed by atoms with van der Waals surface area (Å²) in [6.07, 6.45) is 0.830. The number of thioether (sulfide) groups is 1. The molecule has 0 unspecified atom stereocenters. The molecule has 0 aliphatic rings. The van der Waals surface area contributed by atoms with Crippen molar-refractivity contribution >= 4 is 23.6 Å². The highest BCUT2D eigenvalue weighted by molar-refractivity contribution is 7.99. The van der Waals surface area contributed by atoms with Crippen molar-refractivity contribution in [3.05, 3.63) is 5.89 Å². The second-order valence-corrected chi connectivity index (χ2v) is 5.59. The third-order valence-electron chi connectivity index (χ3n) is 2.54. The Balaban J connectivity index is 2.46. The summed E-state index contributed by atoms with van der Waals surface area (Å²) in [4.78, 5) is 23.0. The normalized spacial score (nSPS) is 11.2. The minimum atomic E-state index is -0.664. The second-order valence-electron chi connectivity index (χ2n) is 4.67. The van der Waals surface area contributed by atoms with Gasteiger partial charge in [0.25, 0.3) is 5.22 Å². The van der Waals surface area contributed by atoms with E-state index in [9.17, 15) is 9.59 Å². The van der Waals surface area contributed by atoms with Gasteiger partial charge in [-0.1, -0.05) is 23.8 Å². The Morgan fingerprint density at radius 1 is 1.35 bits per heavy atom. The Hall–Kier alpha value is -1.57. The minimum Gasteiger partial charge on any atom is -0.459 e. The maximum atomic E-state index is 11.7. The number of nitrogens with zero attached hydrogens (tertiary/aromatic N) is 2. The molecule has 0 spiro atoms. The number of rotatable bonds is 7. The first-order valence-corrected chi connectivity index (χ1v) is 7.31. The molecule has 112 valence electrons. The van der Waals surface area contributed by atoms with Crippen LogP contribution in [0.1, 0.15) is 44.8 Å². The van der Waals surface area contributed by atoms with Gasteiger partial charge in [0.2, 0.25) is 5.91 Å². The SMILES string of the molecule is CCOC(=O)c1nnc(SCC(=O)NC(C)(C)CC)o1. The Morgan fingerprint density at radius 3 is 2.65 bits per heavy atom. The molecule has 0 aliphatic carbocycles. The van der Waals surface area contributed by atoms with Gasteiger partial charge in [0.1, 0.15) is 0 Å². The van der Waals surface area contributed by atoms with Crippen molar-refractivity contribution in [2.24, 2.45) is 0 Å². The van der Waals surface area contributed by atoms with Gasteiger partial charge in [-0.25, -0.2) is 4.79 Å². The molecule has 7 nitrogen and oxygen atoms in total. The van der Waals surface area contributed by atoms with E-state index in [1.54, 1.807) is 6.92 Å². The van der Waals surface area contributed by atoms with E-state index in [1.165, 1.54) is 0 Å². The Bertz CT molecular complexity index is 473. The van der Waals surface area contributed by atoms with Crippen molar-refractivity contribution in [1.29, 1.82) is 0 Å². The first-order chi connectivity index (χ1) is 9.38. The van der Waals surface area contributed by atoms with Crippen molar-refractivity contribution in [3.8, 4) is 0 Å². The Kier molecular flexibility index (Phi) is 6.00. The largest absolute Gasteiger partial charge is 0.459 e. The van der Waals surface area contributed by atoms with E-state index in [2.05, 4.69) is 15.5 Å². The van der Waals surface area contributed by atoms with Gasteiger partial charge < -0.3 is 14.5 Å². The van der Waals surface area contributed by atoms with Crippen molar-refractivity contribution in [2.75, 3.05) is 12.4 Å². The smallest absolute Gasteiger partial charge is 0.396 e. The molecule has 1 N–H and O–H groups in total. The molecule has 8 heteroatoms. The summed E-state index contributed by atoms with van der Waals surface area (Å²) < 4.78 is 9.81. The first kappa shape index (κ1) is 16.5. The van der Waals surface area contributed by atoms with Gasteiger partial charge in [0.05, 0.1) is 12.4 Å². The quantitative estimate of drug-likeness (QED) is 0.604. The lowest BCUT2D eigenvalue weighted by Gasteiger charge is -2.24. The summed E-state index contributed by atoms with van der Waals surface area (Å²) >= 11 is 1.08. The molecule has 0 atom stereocenters. The fourth-order valence-electron chi connectivity index (χ4n) is 1.17. The van der Waals surface area contributed by atoms with Crippen LogP contribution < -0.4 is 5.32 Å². The number of carbonyl (C=O) groups is 2. The summed E-state index contributed by atoms with van der Waals surface area (Å²) in [6, 6.07) is 0. The standard InChI is InChI=1S/C12H19N3O4S/c1-5-12(3,4)13-8(16)7-20-11-15-14-9(19-11)10(17)18-6-2/h5-7H2,1-4H3,(H,13,16). The van der Waals surface area contributed by atoms with Gasteiger partial charge in [-0.2, -0.15) is 0 Å². The molecule has 1 heterocycles. The van der Waals surface area contributed by atoms with Crippen LogP contribution in [0.5, 0.6) is 0 Å². The number of hydrogen-bond acceptors (Lipinski definition) is 7. The molecule has 0 aromatic carbocycles. The van der Waals surface area contributed by atoms with Crippen LogP contribution in [-0.2, 0) is 9.53 Å². The minimum absolute atomic E-state index is 0.127. The van der Waals surface area contributed by atoms with Crippen molar-refractivity contribution in [1.82, 2.24) is 15.5 Å². The van der Waals surface area contributed by atoms with Gasteiger partial charge in [-0.05, 0) is 27.2 Å². The van der Waals surface area contributed by atoms with Crippen LogP contribution in [-0.4, -0.2) is 40.0 Å². The van der Waals surface area contributed by atoms with Crippen LogP contribution in [0.2, 0.25) is 0 Å². The molecule has 1 rings (SSSR count). The summed E-state index contributed by atoms with van der Waals surface area (Å²) in [7, 11) is 0. The molecule has 0 bridgehead atoms. The average Bonchev–Trinajstić information content (AvgIpc) is 2.85. The zero-order valence-electron chi connectivity index (χ0n) is 12.1. The first-order valence-electron chi connectivity index (χ1n) is 6.32. The second kappa shape index (κ2) is 7.28. The van der Waals surface area contributed by atoms with E-state index in [0.717, 1.165) is 18.2 Å². The van der Waals surface area contributed by atoms with Crippen LogP contribution >= 0.6 is 11.8 Å². The van der Waals surface area contributed by atoms with Gasteiger partial charge in [0.15, 0.2) is 0 Å². The lowest BCUT2D eigenvalue weighted by Crippen LogP contribution is -2.43. The maximum absolute atomic E-state index is 11.7. The van der Waals surface area contributed by atoms with Crippen molar-refractivity contribution in [3.63, 3.8) is 0 Å². The van der Waals surface area contributed by atoms with Gasteiger partial charge in [-0.3, -0.25) is 4.79 Å². The molecule has 1 aromatic rings. The molecule has 1 amide bonds. The highest BCUT2D eigenvalue weighted by Crippen LogP contribution is 2.17. The number of hydrogen-bond donors (Lipinski definition) is 1. The number of ether oxygens (including phenoxy) is 1. The molecule has 0 saturated heterocycles. The predicted octanol–water partition coefficient (Wildman–Crippen LogP) is 1.64. The lowest BCUT2D eigenvalue weighted by molar-refractivity contribution is -0.120. The molecule has 0 radical (unpaired) electrons. The summed E-state index contributed by atoms with van der Waals surface area (Å²) in [6.45, 7) is 7.81. The van der Waals surface area contributed by atoms with Crippen molar-refractivity contribution in [2.45, 2.75) is 44.9 Å². The van der Waals surface area contributed by atoms with E-state index in [4.69, 9.17) is 9.15 Å². The lowest BCUT2D eigenvalue weighted by atomic mass is 10.0. The summed E-state index contributed by atoms with van der Waals surface area (Å²) in [5.74, 6) is -0.849. The Labute approximate surface area is 121 Å². The van der Waals surface area contributed by atoms with Crippen LogP contribution in [0, 0.1) is 0 Å². The van der Waals surface area contributed by atoms with Gasteiger partial charge in [0, 0.05) is 5.54 Å². The number of nitrogens with one attached hydrogen (secondary N) is 1. The molecule has 20 heavy (non-hydrogen) atoms. The van der Waals surface area contributed by atoms with Gasteiger partial charge >= 0.3 is 11.9 Å². The monoisotopic (exact) mass is 301 g/mol. The number of carbonyl (C=O) groups excluding carboxylic acids is 2. The molecule has 0 saturated carbocycles. The summed E-state index contributed by atoms with van der Waals surface area (Å²) in [5, 5.41) is 10.3. The van der Waals surface area contributed by atoms with E-state index in [1.807, 2.05) is 20.8 Å². The number of aromatic nitrogens is 2. The highest BCUT2D eigenvalue weighted by Gasteiger charge is 2.20. The van der Waals surface area contributed by atoms with E-state index in [-0.39, 0.29) is 34.9 Å². The van der Waals surface area contributed by atoms with Crippen LogP contribution in [0.4, 0.5) is 0 Å². The third-order valence-corrected chi connectivity index (χ3v) is 3.36. The topological polar surface area (TPSA) is 94.3 Å². The molecule has 0 fully saturated rings. The van der Waals surface area contributed by atoms with E-state index < -0.39 is 5.97 Å². The van der Waals surface area contributed by atoms with E-state index in [0.29, 0.717) is 0 Å². The van der Waals surface area contributed by atoms with Crippen molar-refractivity contribution < 1.29 is 18.7 Å². The van der Waals surface area contributed by atoms with E-state index >= 15 is 0 Å². The Morgan fingerprint density at radius 2 is 2.05 bits per heavy atom. The maximum Gasteiger partial charge on any atom is 0.396 e. The molecule has 1 aromatic heterocycles. The summed E-state index contributed by atoms with van der Waals surface area (Å²) in [5.41, 5.74) is -0.247. The van der Waals surface area contributed by atoms with Gasteiger partial charge in [-0.15, -0.1) is 5.10 Å². The van der Waals surface area contributed by atoms with Crippen LogP contribution in [0.15, 0.2) is 9.64 Å². The van der Waals surface area contributed by atoms with Crippen LogP contribution in [0.3, 0.4) is 0 Å². The molecular formula is C12H19N3O4S. The van der Waals surface area contributed by atoms with Crippen LogP contribution in [0.25, 0.3) is 0 Å². The zero-order chi connectivity index (χ0) is 15.2. The zero-order valence-corrected chi connectivity index (χ0v) is 12.9.